The molecule has 8 heteroatoms. The molecule has 0 fully saturated rings. The van der Waals surface area contributed by atoms with Crippen molar-refractivity contribution in [2.75, 3.05) is 0 Å². The van der Waals surface area contributed by atoms with E-state index in [1.807, 2.05) is 0 Å². The highest BCUT2D eigenvalue weighted by Crippen LogP contribution is 2.39. The summed E-state index contributed by atoms with van der Waals surface area (Å²) in [7, 11) is 0. The number of nitro groups is 1. The smallest absolute Gasteiger partial charge is 0.319 e. The molecule has 1 aliphatic carbocycles. The van der Waals surface area contributed by atoms with Gasteiger partial charge in [0, 0.05) is 0 Å². The van der Waals surface area contributed by atoms with Crippen molar-refractivity contribution in [3.63, 3.8) is 0 Å². The van der Waals surface area contributed by atoms with Gasteiger partial charge in [-0.2, -0.15) is 8.78 Å². The fourth-order valence-corrected chi connectivity index (χ4v) is 0.918. The molecule has 0 aromatic carbocycles. The van der Waals surface area contributed by atoms with Gasteiger partial charge in [-0.25, -0.2) is 8.78 Å². The Morgan fingerprint density at radius 1 is 1.50 bits per heavy atom. The molecule has 4 nitrogen and oxygen atoms in total. The highest BCUT2D eigenvalue weighted by atomic mass is 19.2. The summed E-state index contributed by atoms with van der Waals surface area (Å²) in [6.07, 6.45) is 0.112. The molecule has 0 aliphatic heterocycles. The summed E-state index contributed by atoms with van der Waals surface area (Å²) < 4.78 is 51.0. The van der Waals surface area contributed by atoms with E-state index >= 15 is 0 Å². The van der Waals surface area contributed by atoms with Crippen LogP contribution in [0.4, 0.5) is 17.6 Å². The van der Waals surface area contributed by atoms with Crippen molar-refractivity contribution in [2.45, 2.75) is 11.8 Å². The number of rotatable bonds is 1. The molecule has 0 bridgehead atoms. The Bertz CT molecular complexity index is 354. The average molecular weight is 212 g/mol. The highest BCUT2D eigenvalue weighted by Gasteiger charge is 2.58. The fraction of sp³-hybridized carbons (Fsp3) is 0.333. The molecule has 0 aromatic heterocycles. The van der Waals surface area contributed by atoms with E-state index in [-0.39, 0.29) is 6.08 Å². The van der Waals surface area contributed by atoms with Gasteiger partial charge in [0.2, 0.25) is 5.83 Å². The van der Waals surface area contributed by atoms with E-state index in [9.17, 15) is 27.7 Å². The van der Waals surface area contributed by atoms with Crippen LogP contribution >= 0.6 is 0 Å². The molecule has 0 spiro atoms. The fourth-order valence-electron chi connectivity index (χ4n) is 0.918. The summed E-state index contributed by atoms with van der Waals surface area (Å²) in [5.74, 6) is -10.7. The first-order valence-electron chi connectivity index (χ1n) is 3.34. The van der Waals surface area contributed by atoms with Crippen LogP contribution in [0.15, 0.2) is 23.6 Å². The third kappa shape index (κ3) is 1.18. The molecule has 2 unspecified atom stereocenters. The number of hydrogen-bond acceptors (Lipinski definition) is 3. The van der Waals surface area contributed by atoms with Gasteiger partial charge in [0.25, 0.3) is 5.83 Å². The number of nitrogens with zero attached hydrogens (tertiary/aromatic N) is 1. The Balaban J connectivity index is 3.33. The molecule has 2 atom stereocenters. The summed E-state index contributed by atoms with van der Waals surface area (Å²) in [6.45, 7) is 0. The Morgan fingerprint density at radius 3 is 2.43 bits per heavy atom. The predicted octanol–water partition coefficient (Wildman–Crippen LogP) is 1.27. The molecule has 0 heterocycles. The van der Waals surface area contributed by atoms with E-state index in [2.05, 4.69) is 0 Å². The van der Waals surface area contributed by atoms with Crippen molar-refractivity contribution in [1.82, 2.24) is 0 Å². The van der Waals surface area contributed by atoms with Gasteiger partial charge in [-0.15, -0.1) is 0 Å². The summed E-state index contributed by atoms with van der Waals surface area (Å²) in [5, 5.41) is 10.0. The number of hydrogen-bond donors (Lipinski definition) is 1. The Labute approximate surface area is 74.8 Å². The molecule has 78 valence electrons. The van der Waals surface area contributed by atoms with Crippen molar-refractivity contribution in [2.24, 2.45) is 5.73 Å². The first-order valence-corrected chi connectivity index (χ1v) is 3.34. The number of halogens is 4. The van der Waals surface area contributed by atoms with Gasteiger partial charge in [0.15, 0.2) is 5.83 Å². The third-order valence-corrected chi connectivity index (χ3v) is 1.69. The molecule has 1 rings (SSSR count). The maximum atomic E-state index is 13.0. The molecular weight excluding hydrogens is 208 g/mol. The predicted molar refractivity (Wildman–Crippen MR) is 37.2 cm³/mol. The van der Waals surface area contributed by atoms with Crippen LogP contribution in [0.2, 0.25) is 0 Å². The van der Waals surface area contributed by atoms with Crippen molar-refractivity contribution in [3.8, 4) is 0 Å². The minimum Gasteiger partial charge on any atom is -0.319 e. The second-order valence-corrected chi connectivity index (χ2v) is 2.58. The van der Waals surface area contributed by atoms with Crippen LogP contribution in [0.5, 0.6) is 0 Å². The SMILES string of the molecule is NC1C=C(F)C(F)([N+](=O)[O-])C(F)=C1F. The molecule has 2 N–H and O–H groups in total. The van der Waals surface area contributed by atoms with E-state index in [0.717, 1.165) is 0 Å². The van der Waals surface area contributed by atoms with E-state index in [1.165, 1.54) is 0 Å². The lowest BCUT2D eigenvalue weighted by atomic mass is 10.0. The normalized spacial score (nSPS) is 32.9. The van der Waals surface area contributed by atoms with Gasteiger partial charge in [0.05, 0.1) is 11.0 Å². The lowest BCUT2D eigenvalue weighted by Gasteiger charge is -2.19. The van der Waals surface area contributed by atoms with Crippen molar-refractivity contribution in [3.05, 3.63) is 33.7 Å². The first kappa shape index (κ1) is 10.6. The van der Waals surface area contributed by atoms with Crippen molar-refractivity contribution >= 4 is 0 Å². The monoisotopic (exact) mass is 212 g/mol. The van der Waals surface area contributed by atoms with E-state index in [1.54, 1.807) is 0 Å². The molecule has 0 amide bonds. The van der Waals surface area contributed by atoms with Crippen LogP contribution in [0.25, 0.3) is 0 Å². The molecule has 1 aliphatic rings. The third-order valence-electron chi connectivity index (χ3n) is 1.69. The number of nitrogens with two attached hydrogens (primary N) is 1. The quantitative estimate of drug-likeness (QED) is 0.308. The van der Waals surface area contributed by atoms with Crippen LogP contribution in [-0.2, 0) is 0 Å². The van der Waals surface area contributed by atoms with Crippen LogP contribution in [0.1, 0.15) is 0 Å². The summed E-state index contributed by atoms with van der Waals surface area (Å²) in [5.41, 5.74) is 4.80. The summed E-state index contributed by atoms with van der Waals surface area (Å²) in [6, 6.07) is -1.83. The molecule has 0 saturated heterocycles. The molecular formula is C6H4F4N2O2. The second-order valence-electron chi connectivity index (χ2n) is 2.58. The molecule has 0 saturated carbocycles. The van der Waals surface area contributed by atoms with Crippen molar-refractivity contribution in [1.29, 1.82) is 0 Å². The topological polar surface area (TPSA) is 69.2 Å². The lowest BCUT2D eigenvalue weighted by Crippen LogP contribution is -2.41. The lowest BCUT2D eigenvalue weighted by molar-refractivity contribution is -0.587. The molecule has 0 radical (unpaired) electrons. The van der Waals surface area contributed by atoms with Gasteiger partial charge < -0.3 is 5.73 Å². The minimum atomic E-state index is -4.28. The molecule has 0 aromatic rings. The van der Waals surface area contributed by atoms with E-state index in [0.29, 0.717) is 0 Å². The van der Waals surface area contributed by atoms with Crippen LogP contribution < -0.4 is 5.73 Å². The highest BCUT2D eigenvalue weighted by molar-refractivity contribution is 5.33. The summed E-state index contributed by atoms with van der Waals surface area (Å²) >= 11 is 0. The second kappa shape index (κ2) is 3.05. The minimum absolute atomic E-state index is 0.112. The Kier molecular flexibility index (Phi) is 2.32. The van der Waals surface area contributed by atoms with E-state index < -0.39 is 34.2 Å². The van der Waals surface area contributed by atoms with Gasteiger partial charge in [-0.1, -0.05) is 0 Å². The Hall–Kier alpha value is -1.44. The first-order chi connectivity index (χ1) is 6.31. The van der Waals surface area contributed by atoms with Crippen LogP contribution in [0.3, 0.4) is 0 Å². The van der Waals surface area contributed by atoms with Crippen LogP contribution in [0, 0.1) is 10.1 Å². The zero-order chi connectivity index (χ0) is 11.1. The van der Waals surface area contributed by atoms with Crippen LogP contribution in [-0.4, -0.2) is 16.8 Å². The zero-order valence-electron chi connectivity index (χ0n) is 6.51. The standard InChI is InChI=1S/C6H4F4N2O2/c7-3-1-2(11)4(8)5(9)6(3,10)12(13)14/h1-2H,11H2. The number of alkyl halides is 1. The maximum Gasteiger partial charge on any atom is 0.464 e. The molecule has 14 heavy (non-hydrogen) atoms. The largest absolute Gasteiger partial charge is 0.464 e. The van der Waals surface area contributed by atoms with Crippen molar-refractivity contribution < 1.29 is 22.5 Å². The van der Waals surface area contributed by atoms with E-state index in [4.69, 9.17) is 5.73 Å². The van der Waals surface area contributed by atoms with Gasteiger partial charge in [-0.3, -0.25) is 10.1 Å². The van der Waals surface area contributed by atoms with Gasteiger partial charge in [-0.05, 0) is 6.08 Å². The Morgan fingerprint density at radius 2 is 2.00 bits per heavy atom. The van der Waals surface area contributed by atoms with Gasteiger partial charge >= 0.3 is 5.79 Å². The maximum absolute atomic E-state index is 13.0. The summed E-state index contributed by atoms with van der Waals surface area (Å²) in [4.78, 5) is 8.11. The average Bonchev–Trinajstić information content (AvgIpc) is 2.11. The van der Waals surface area contributed by atoms with Gasteiger partial charge in [0.1, 0.15) is 0 Å². The zero-order valence-corrected chi connectivity index (χ0v) is 6.51.